The van der Waals surface area contributed by atoms with Crippen LogP contribution in [0.4, 0.5) is 5.69 Å². The first kappa shape index (κ1) is 13.4. The SMILES string of the molecule is NS(=O)(=O)c1cccc(NC2CCCCCC2)c1. The number of benzene rings is 1. The Labute approximate surface area is 109 Å². The van der Waals surface area contributed by atoms with Gasteiger partial charge in [0.1, 0.15) is 0 Å². The molecule has 0 bridgehead atoms. The van der Waals surface area contributed by atoms with Gasteiger partial charge in [-0.1, -0.05) is 31.7 Å². The molecule has 1 aromatic rings. The molecular weight excluding hydrogens is 248 g/mol. The second-order valence-corrected chi connectivity index (χ2v) is 6.47. The van der Waals surface area contributed by atoms with Crippen molar-refractivity contribution in [2.75, 3.05) is 5.32 Å². The van der Waals surface area contributed by atoms with Crippen molar-refractivity contribution in [1.82, 2.24) is 0 Å². The van der Waals surface area contributed by atoms with Gasteiger partial charge in [-0.25, -0.2) is 13.6 Å². The van der Waals surface area contributed by atoms with Gasteiger partial charge in [-0.2, -0.15) is 0 Å². The second kappa shape index (κ2) is 5.71. The third-order valence-electron chi connectivity index (χ3n) is 3.39. The molecule has 4 nitrogen and oxygen atoms in total. The van der Waals surface area contributed by atoms with Crippen molar-refractivity contribution in [2.24, 2.45) is 5.14 Å². The van der Waals surface area contributed by atoms with E-state index in [1.165, 1.54) is 31.7 Å². The normalized spacial score (nSPS) is 18.3. The quantitative estimate of drug-likeness (QED) is 0.827. The van der Waals surface area contributed by atoms with Gasteiger partial charge in [0.25, 0.3) is 0 Å². The van der Waals surface area contributed by atoms with E-state index in [0.29, 0.717) is 6.04 Å². The van der Waals surface area contributed by atoms with E-state index in [1.807, 2.05) is 6.07 Å². The molecule has 1 aromatic carbocycles. The molecule has 0 atom stereocenters. The molecule has 0 saturated heterocycles. The van der Waals surface area contributed by atoms with Gasteiger partial charge in [0.05, 0.1) is 4.90 Å². The summed E-state index contributed by atoms with van der Waals surface area (Å²) >= 11 is 0. The summed E-state index contributed by atoms with van der Waals surface area (Å²) in [6, 6.07) is 7.19. The third kappa shape index (κ3) is 3.71. The summed E-state index contributed by atoms with van der Waals surface area (Å²) in [6.07, 6.45) is 7.39. The Balaban J connectivity index is 2.09. The van der Waals surface area contributed by atoms with Crippen LogP contribution in [-0.4, -0.2) is 14.5 Å². The minimum Gasteiger partial charge on any atom is -0.382 e. The maximum absolute atomic E-state index is 11.3. The fraction of sp³-hybridized carbons (Fsp3) is 0.538. The Bertz CT molecular complexity index is 491. The van der Waals surface area contributed by atoms with Crippen LogP contribution in [0.25, 0.3) is 0 Å². The van der Waals surface area contributed by atoms with Crippen LogP contribution in [0.15, 0.2) is 29.2 Å². The van der Waals surface area contributed by atoms with Crippen LogP contribution >= 0.6 is 0 Å². The van der Waals surface area contributed by atoms with Gasteiger partial charge in [-0.15, -0.1) is 0 Å². The predicted octanol–water partition coefficient (Wildman–Crippen LogP) is 2.47. The van der Waals surface area contributed by atoms with Crippen LogP contribution in [0.2, 0.25) is 0 Å². The Hall–Kier alpha value is -1.07. The molecule has 0 heterocycles. The number of primary sulfonamides is 1. The summed E-state index contributed by atoms with van der Waals surface area (Å²) in [5, 5.41) is 8.54. The second-order valence-electron chi connectivity index (χ2n) is 4.91. The van der Waals surface area contributed by atoms with Crippen LogP contribution < -0.4 is 10.5 Å². The van der Waals surface area contributed by atoms with E-state index < -0.39 is 10.0 Å². The minimum absolute atomic E-state index is 0.168. The van der Waals surface area contributed by atoms with E-state index in [-0.39, 0.29) is 4.90 Å². The van der Waals surface area contributed by atoms with E-state index in [9.17, 15) is 8.42 Å². The lowest BCUT2D eigenvalue weighted by molar-refractivity contribution is 0.597. The average Bonchev–Trinajstić information content (AvgIpc) is 2.57. The molecule has 0 aromatic heterocycles. The summed E-state index contributed by atoms with van der Waals surface area (Å²) in [5.41, 5.74) is 0.841. The molecule has 0 unspecified atom stereocenters. The molecule has 5 heteroatoms. The van der Waals surface area contributed by atoms with Crippen molar-refractivity contribution in [3.63, 3.8) is 0 Å². The van der Waals surface area contributed by atoms with Crippen LogP contribution in [0.1, 0.15) is 38.5 Å². The number of anilines is 1. The highest BCUT2D eigenvalue weighted by Crippen LogP contribution is 2.22. The van der Waals surface area contributed by atoms with Crippen LogP contribution in [0.5, 0.6) is 0 Å². The van der Waals surface area contributed by atoms with E-state index >= 15 is 0 Å². The summed E-state index contributed by atoms with van der Waals surface area (Å²) in [7, 11) is -3.61. The molecule has 0 amide bonds. The van der Waals surface area contributed by atoms with Crippen molar-refractivity contribution in [3.8, 4) is 0 Å². The lowest BCUT2D eigenvalue weighted by Crippen LogP contribution is -2.19. The van der Waals surface area contributed by atoms with Crippen molar-refractivity contribution in [2.45, 2.75) is 49.5 Å². The standard InChI is InChI=1S/C13H20N2O2S/c14-18(16,17)13-9-5-8-12(10-13)15-11-6-3-1-2-4-7-11/h5,8-11,15H,1-4,6-7H2,(H2,14,16,17). The first-order valence-electron chi connectivity index (χ1n) is 6.45. The number of nitrogens with one attached hydrogen (secondary N) is 1. The number of nitrogens with two attached hydrogens (primary N) is 1. The van der Waals surface area contributed by atoms with Crippen molar-refractivity contribution in [1.29, 1.82) is 0 Å². The maximum atomic E-state index is 11.3. The van der Waals surface area contributed by atoms with Gasteiger partial charge in [-0.05, 0) is 31.0 Å². The number of hydrogen-bond acceptors (Lipinski definition) is 3. The Morgan fingerprint density at radius 2 is 1.78 bits per heavy atom. The van der Waals surface area contributed by atoms with Gasteiger partial charge in [0, 0.05) is 11.7 Å². The molecule has 2 rings (SSSR count). The fourth-order valence-electron chi connectivity index (χ4n) is 2.42. The molecule has 0 radical (unpaired) electrons. The Morgan fingerprint density at radius 1 is 1.11 bits per heavy atom. The molecule has 1 aliphatic carbocycles. The van der Waals surface area contributed by atoms with Crippen LogP contribution in [0, 0.1) is 0 Å². The van der Waals surface area contributed by atoms with E-state index in [2.05, 4.69) is 5.32 Å². The first-order valence-corrected chi connectivity index (χ1v) is 8.00. The molecule has 18 heavy (non-hydrogen) atoms. The first-order chi connectivity index (χ1) is 8.55. The van der Waals surface area contributed by atoms with Crippen molar-refractivity contribution >= 4 is 15.7 Å². The lowest BCUT2D eigenvalue weighted by Gasteiger charge is -2.17. The smallest absolute Gasteiger partial charge is 0.238 e. The summed E-state index contributed by atoms with van der Waals surface area (Å²) in [5.74, 6) is 0. The highest BCUT2D eigenvalue weighted by atomic mass is 32.2. The minimum atomic E-state index is -3.61. The average molecular weight is 268 g/mol. The summed E-state index contributed by atoms with van der Waals surface area (Å²) < 4.78 is 22.6. The highest BCUT2D eigenvalue weighted by Gasteiger charge is 2.13. The molecule has 0 spiro atoms. The number of hydrogen-bond donors (Lipinski definition) is 2. The van der Waals surface area contributed by atoms with Gasteiger partial charge in [0.2, 0.25) is 10.0 Å². The third-order valence-corrected chi connectivity index (χ3v) is 4.30. The van der Waals surface area contributed by atoms with Gasteiger partial charge >= 0.3 is 0 Å². The van der Waals surface area contributed by atoms with E-state index in [4.69, 9.17) is 5.14 Å². The summed E-state index contributed by atoms with van der Waals surface area (Å²) in [4.78, 5) is 0.168. The maximum Gasteiger partial charge on any atom is 0.238 e. The monoisotopic (exact) mass is 268 g/mol. The highest BCUT2D eigenvalue weighted by molar-refractivity contribution is 7.89. The molecule has 100 valence electrons. The molecule has 1 fully saturated rings. The molecular formula is C13H20N2O2S. The van der Waals surface area contributed by atoms with Gasteiger partial charge < -0.3 is 5.32 Å². The van der Waals surface area contributed by atoms with E-state index in [0.717, 1.165) is 18.5 Å². The van der Waals surface area contributed by atoms with Gasteiger partial charge in [0.15, 0.2) is 0 Å². The van der Waals surface area contributed by atoms with Crippen molar-refractivity contribution in [3.05, 3.63) is 24.3 Å². The van der Waals surface area contributed by atoms with Crippen LogP contribution in [-0.2, 0) is 10.0 Å². The zero-order valence-electron chi connectivity index (χ0n) is 10.4. The van der Waals surface area contributed by atoms with Crippen LogP contribution in [0.3, 0.4) is 0 Å². The Morgan fingerprint density at radius 3 is 2.39 bits per heavy atom. The molecule has 1 saturated carbocycles. The summed E-state index contributed by atoms with van der Waals surface area (Å²) in [6.45, 7) is 0. The largest absolute Gasteiger partial charge is 0.382 e. The Kier molecular flexibility index (Phi) is 4.24. The lowest BCUT2D eigenvalue weighted by atomic mass is 10.1. The van der Waals surface area contributed by atoms with E-state index in [1.54, 1.807) is 12.1 Å². The number of sulfonamides is 1. The molecule has 0 aliphatic heterocycles. The van der Waals surface area contributed by atoms with Gasteiger partial charge in [-0.3, -0.25) is 0 Å². The topological polar surface area (TPSA) is 72.2 Å². The van der Waals surface area contributed by atoms with Crippen molar-refractivity contribution < 1.29 is 8.42 Å². The molecule has 1 aliphatic rings. The zero-order chi connectivity index (χ0) is 13.0. The molecule has 3 N–H and O–H groups in total. The predicted molar refractivity (Wildman–Crippen MR) is 72.9 cm³/mol. The fourth-order valence-corrected chi connectivity index (χ4v) is 2.98. The number of rotatable bonds is 3. The zero-order valence-corrected chi connectivity index (χ0v) is 11.2.